The maximum absolute atomic E-state index is 3.51. The predicted octanol–water partition coefficient (Wildman–Crippen LogP) is 3.19. The highest BCUT2D eigenvalue weighted by Crippen LogP contribution is 2.39. The molecule has 0 aromatic rings. The normalized spacial score (nSPS) is 27.7. The number of nitrogens with one attached hydrogen (secondary N) is 2. The van der Waals surface area contributed by atoms with E-state index >= 15 is 0 Å². The Morgan fingerprint density at radius 1 is 0.815 bits per heavy atom. The van der Waals surface area contributed by atoms with E-state index in [0.717, 1.165) is 11.8 Å². The van der Waals surface area contributed by atoms with Gasteiger partial charge >= 0.3 is 0 Å². The summed E-state index contributed by atoms with van der Waals surface area (Å²) in [6.45, 7) is 17.7. The smallest absolute Gasteiger partial charge is 0.00395 e. The minimum Gasteiger partial charge on any atom is -0.317 e. The fourth-order valence-electron chi connectivity index (χ4n) is 5.64. The third-order valence-electron chi connectivity index (χ3n) is 7.23. The van der Waals surface area contributed by atoms with Gasteiger partial charge in [-0.2, -0.15) is 0 Å². The van der Waals surface area contributed by atoms with Crippen LogP contribution in [0.4, 0.5) is 0 Å². The van der Waals surface area contributed by atoms with E-state index in [2.05, 4.69) is 34.3 Å². The summed E-state index contributed by atoms with van der Waals surface area (Å²) in [5.41, 5.74) is 0.693. The van der Waals surface area contributed by atoms with Crippen LogP contribution >= 0.6 is 0 Å². The van der Waals surface area contributed by atoms with Crippen LogP contribution in [-0.2, 0) is 0 Å². The molecule has 0 bridgehead atoms. The molecule has 158 valence electrons. The molecular weight excluding hydrogens is 332 g/mol. The van der Waals surface area contributed by atoms with Gasteiger partial charge in [-0.1, -0.05) is 20.3 Å². The topological polar surface area (TPSA) is 30.5 Å². The van der Waals surface area contributed by atoms with E-state index < -0.39 is 0 Å². The van der Waals surface area contributed by atoms with Crippen LogP contribution in [0.5, 0.6) is 0 Å². The number of piperidine rings is 3. The molecule has 4 nitrogen and oxygen atoms in total. The van der Waals surface area contributed by atoms with E-state index in [0.29, 0.717) is 5.41 Å². The van der Waals surface area contributed by atoms with Gasteiger partial charge in [0.25, 0.3) is 0 Å². The Morgan fingerprint density at radius 3 is 2.15 bits per heavy atom. The molecule has 4 heteroatoms. The van der Waals surface area contributed by atoms with E-state index in [4.69, 9.17) is 0 Å². The molecule has 0 aromatic heterocycles. The van der Waals surface area contributed by atoms with Crippen LogP contribution < -0.4 is 10.6 Å². The van der Waals surface area contributed by atoms with Crippen LogP contribution in [0.25, 0.3) is 0 Å². The number of likely N-dealkylation sites (tertiary alicyclic amines) is 2. The van der Waals surface area contributed by atoms with Gasteiger partial charge in [-0.25, -0.2) is 0 Å². The summed E-state index contributed by atoms with van der Waals surface area (Å²) in [5.74, 6) is 1.81. The average Bonchev–Trinajstić information content (AvgIpc) is 3.06. The standard InChI is InChI=1S/C14H27N3.C9H19N/c1-6-15-7-2-13(1)11-17-10-5-14(12-17)3-8-16-9-4-14;1-9(2)8-10-6-4-3-5-7-10/h13,15-16H,1-12H2;9H,3-8H2,1-2H3. The second-order valence-corrected chi connectivity index (χ2v) is 10.2. The van der Waals surface area contributed by atoms with Crippen LogP contribution in [0.15, 0.2) is 0 Å². The van der Waals surface area contributed by atoms with Gasteiger partial charge in [0.15, 0.2) is 0 Å². The van der Waals surface area contributed by atoms with Crippen molar-refractivity contribution >= 4 is 0 Å². The molecular formula is C23H46N4. The molecule has 0 atom stereocenters. The van der Waals surface area contributed by atoms with Crippen molar-refractivity contribution in [2.75, 3.05) is 65.4 Å². The summed E-state index contributed by atoms with van der Waals surface area (Å²) in [6.07, 6.45) is 11.4. The van der Waals surface area contributed by atoms with Crippen molar-refractivity contribution in [2.24, 2.45) is 17.3 Å². The van der Waals surface area contributed by atoms with E-state index in [1.165, 1.54) is 117 Å². The van der Waals surface area contributed by atoms with Gasteiger partial charge in [0.1, 0.15) is 0 Å². The monoisotopic (exact) mass is 378 g/mol. The van der Waals surface area contributed by atoms with Crippen molar-refractivity contribution in [1.29, 1.82) is 0 Å². The lowest BCUT2D eigenvalue weighted by molar-refractivity contribution is 0.177. The average molecular weight is 379 g/mol. The van der Waals surface area contributed by atoms with Crippen LogP contribution in [0.1, 0.15) is 65.2 Å². The third kappa shape index (κ3) is 7.30. The van der Waals surface area contributed by atoms with Crippen LogP contribution in [0.3, 0.4) is 0 Å². The SMILES string of the molecule is C1CC(CN2CCC3(CCNCC3)C2)CCN1.CC(C)CN1CCCCC1. The fraction of sp³-hybridized carbons (Fsp3) is 1.00. The van der Waals surface area contributed by atoms with E-state index in [-0.39, 0.29) is 0 Å². The lowest BCUT2D eigenvalue weighted by atomic mass is 9.78. The Bertz CT molecular complexity index is 393. The van der Waals surface area contributed by atoms with Crippen molar-refractivity contribution < 1.29 is 0 Å². The quantitative estimate of drug-likeness (QED) is 0.786. The number of nitrogens with zero attached hydrogens (tertiary/aromatic N) is 2. The second kappa shape index (κ2) is 11.1. The summed E-state index contributed by atoms with van der Waals surface area (Å²) in [4.78, 5) is 5.36. The Kier molecular flexibility index (Phi) is 8.89. The maximum atomic E-state index is 3.51. The molecule has 0 amide bonds. The molecule has 4 heterocycles. The summed E-state index contributed by atoms with van der Waals surface area (Å²) in [6, 6.07) is 0. The molecule has 4 aliphatic heterocycles. The van der Waals surface area contributed by atoms with Crippen LogP contribution in [-0.4, -0.2) is 75.2 Å². The highest BCUT2D eigenvalue weighted by molar-refractivity contribution is 4.93. The largest absolute Gasteiger partial charge is 0.317 e. The summed E-state index contributed by atoms with van der Waals surface area (Å²) in [7, 11) is 0. The van der Waals surface area contributed by atoms with Crippen molar-refractivity contribution in [1.82, 2.24) is 20.4 Å². The first-order valence-corrected chi connectivity index (χ1v) is 12.0. The first kappa shape index (κ1) is 21.5. The Balaban J connectivity index is 0.000000180. The van der Waals surface area contributed by atoms with E-state index in [1.54, 1.807) is 0 Å². The van der Waals surface area contributed by atoms with Gasteiger partial charge in [0.2, 0.25) is 0 Å². The number of hydrogen-bond acceptors (Lipinski definition) is 4. The predicted molar refractivity (Wildman–Crippen MR) is 116 cm³/mol. The molecule has 4 rings (SSSR count). The molecule has 2 N–H and O–H groups in total. The second-order valence-electron chi connectivity index (χ2n) is 10.2. The summed E-state index contributed by atoms with van der Waals surface area (Å²) >= 11 is 0. The van der Waals surface area contributed by atoms with Gasteiger partial charge in [0, 0.05) is 19.6 Å². The van der Waals surface area contributed by atoms with Gasteiger partial charge in [-0.05, 0) is 108 Å². The Hall–Kier alpha value is -0.160. The molecule has 27 heavy (non-hydrogen) atoms. The molecule has 0 aliphatic carbocycles. The zero-order valence-electron chi connectivity index (χ0n) is 18.3. The van der Waals surface area contributed by atoms with Gasteiger partial charge in [-0.3, -0.25) is 0 Å². The number of rotatable bonds is 4. The van der Waals surface area contributed by atoms with Gasteiger partial charge < -0.3 is 20.4 Å². The molecule has 1 spiro atoms. The molecule has 0 unspecified atom stereocenters. The van der Waals surface area contributed by atoms with Crippen molar-refractivity contribution in [3.05, 3.63) is 0 Å². The first-order chi connectivity index (χ1) is 13.2. The highest BCUT2D eigenvalue weighted by Gasteiger charge is 2.39. The zero-order chi connectivity index (χ0) is 19.0. The van der Waals surface area contributed by atoms with E-state index in [1.807, 2.05) is 0 Å². The zero-order valence-corrected chi connectivity index (χ0v) is 18.3. The fourth-order valence-corrected chi connectivity index (χ4v) is 5.64. The minimum atomic E-state index is 0.693. The van der Waals surface area contributed by atoms with Crippen molar-refractivity contribution in [3.63, 3.8) is 0 Å². The van der Waals surface area contributed by atoms with Crippen LogP contribution in [0.2, 0.25) is 0 Å². The van der Waals surface area contributed by atoms with Gasteiger partial charge in [-0.15, -0.1) is 0 Å². The lowest BCUT2D eigenvalue weighted by Gasteiger charge is -2.34. The Labute approximate surface area is 168 Å². The van der Waals surface area contributed by atoms with E-state index in [9.17, 15) is 0 Å². The third-order valence-corrected chi connectivity index (χ3v) is 7.23. The first-order valence-electron chi connectivity index (χ1n) is 12.0. The molecule has 4 aliphatic rings. The summed E-state index contributed by atoms with van der Waals surface area (Å²) in [5, 5.41) is 6.98. The molecule has 0 aromatic carbocycles. The molecule has 0 radical (unpaired) electrons. The van der Waals surface area contributed by atoms with Gasteiger partial charge in [0.05, 0.1) is 0 Å². The van der Waals surface area contributed by atoms with Crippen molar-refractivity contribution in [2.45, 2.75) is 65.2 Å². The maximum Gasteiger partial charge on any atom is 0.00395 e. The lowest BCUT2D eigenvalue weighted by Crippen LogP contribution is -2.40. The summed E-state index contributed by atoms with van der Waals surface area (Å²) < 4.78 is 0. The molecule has 4 fully saturated rings. The molecule has 0 saturated carbocycles. The molecule has 4 saturated heterocycles. The van der Waals surface area contributed by atoms with Crippen LogP contribution in [0, 0.1) is 17.3 Å². The Morgan fingerprint density at radius 2 is 1.48 bits per heavy atom. The minimum absolute atomic E-state index is 0.693. The van der Waals surface area contributed by atoms with Crippen molar-refractivity contribution in [3.8, 4) is 0 Å². The number of hydrogen-bond donors (Lipinski definition) is 2. The highest BCUT2D eigenvalue weighted by atomic mass is 15.2.